The van der Waals surface area contributed by atoms with E-state index in [9.17, 15) is 9.59 Å². The van der Waals surface area contributed by atoms with Gasteiger partial charge in [0.05, 0.1) is 19.6 Å². The minimum atomic E-state index is -0.341. The van der Waals surface area contributed by atoms with Crippen LogP contribution in [0, 0.1) is 27.7 Å². The van der Waals surface area contributed by atoms with Gasteiger partial charge in [-0.15, -0.1) is 0 Å². The Morgan fingerprint density at radius 3 is 2.17 bits per heavy atom. The molecule has 180 valence electrons. The molecule has 0 atom stereocenters. The van der Waals surface area contributed by atoms with Crippen LogP contribution in [0.25, 0.3) is 22.3 Å². The maximum Gasteiger partial charge on any atom is 0.235 e. The van der Waals surface area contributed by atoms with Gasteiger partial charge in [0, 0.05) is 11.1 Å². The van der Waals surface area contributed by atoms with Gasteiger partial charge in [-0.1, -0.05) is 12.1 Å². The van der Waals surface area contributed by atoms with Gasteiger partial charge in [0.25, 0.3) is 0 Å². The fraction of sp³-hybridized carbons (Fsp3) is 0.241. The number of methoxy groups -OCH3 is 2. The maximum atomic E-state index is 13.6. The van der Waals surface area contributed by atoms with Gasteiger partial charge in [-0.3, -0.25) is 9.59 Å². The van der Waals surface area contributed by atoms with Crippen LogP contribution >= 0.6 is 0 Å². The molecule has 1 heterocycles. The molecule has 6 nitrogen and oxygen atoms in total. The van der Waals surface area contributed by atoms with E-state index in [-0.39, 0.29) is 29.3 Å². The quantitative estimate of drug-likeness (QED) is 0.308. The molecule has 6 heteroatoms. The molecule has 0 radical (unpaired) electrons. The van der Waals surface area contributed by atoms with Crippen LogP contribution in [-0.2, 0) is 0 Å². The highest BCUT2D eigenvalue weighted by Gasteiger charge is 2.21. The van der Waals surface area contributed by atoms with E-state index in [1.54, 1.807) is 37.4 Å². The van der Waals surface area contributed by atoms with E-state index in [2.05, 4.69) is 0 Å². The molecule has 3 aromatic carbocycles. The molecule has 0 spiro atoms. The van der Waals surface area contributed by atoms with E-state index >= 15 is 0 Å². The molecule has 0 aliphatic carbocycles. The Morgan fingerprint density at radius 2 is 1.49 bits per heavy atom. The van der Waals surface area contributed by atoms with Crippen molar-refractivity contribution in [1.82, 2.24) is 0 Å². The van der Waals surface area contributed by atoms with Crippen molar-refractivity contribution in [2.45, 2.75) is 27.7 Å². The first-order chi connectivity index (χ1) is 16.7. The minimum Gasteiger partial charge on any atom is -0.493 e. The summed E-state index contributed by atoms with van der Waals surface area (Å²) < 4.78 is 22.9. The van der Waals surface area contributed by atoms with Crippen LogP contribution in [-0.4, -0.2) is 26.6 Å². The van der Waals surface area contributed by atoms with Crippen molar-refractivity contribution in [3.8, 4) is 28.6 Å². The molecule has 1 aromatic heterocycles. The summed E-state index contributed by atoms with van der Waals surface area (Å²) in [5.74, 6) is 0.985. The summed E-state index contributed by atoms with van der Waals surface area (Å²) in [7, 11) is 3.08. The number of carbonyl (C=O) groups excluding carboxylic acids is 1. The van der Waals surface area contributed by atoms with Crippen molar-refractivity contribution in [3.63, 3.8) is 0 Å². The highest BCUT2D eigenvalue weighted by molar-refractivity contribution is 5.97. The molecule has 0 aliphatic rings. The van der Waals surface area contributed by atoms with Crippen LogP contribution in [0.2, 0.25) is 0 Å². The van der Waals surface area contributed by atoms with E-state index in [1.165, 1.54) is 7.11 Å². The zero-order chi connectivity index (χ0) is 25.3. The molecule has 0 N–H and O–H groups in total. The Kier molecular flexibility index (Phi) is 6.65. The summed E-state index contributed by atoms with van der Waals surface area (Å²) in [5, 5.41) is 0.394. The lowest BCUT2D eigenvalue weighted by atomic mass is 10.0. The molecule has 35 heavy (non-hydrogen) atoms. The summed E-state index contributed by atoms with van der Waals surface area (Å²) in [6.45, 7) is 7.52. The average molecular weight is 473 g/mol. The minimum absolute atomic E-state index is 0.0230. The van der Waals surface area contributed by atoms with Gasteiger partial charge >= 0.3 is 0 Å². The lowest BCUT2D eigenvalue weighted by Gasteiger charge is -2.14. The smallest absolute Gasteiger partial charge is 0.235 e. The topological polar surface area (TPSA) is 75.0 Å². The number of rotatable bonds is 7. The fourth-order valence-electron chi connectivity index (χ4n) is 3.87. The molecule has 0 aliphatic heterocycles. The van der Waals surface area contributed by atoms with E-state index in [0.717, 1.165) is 22.3 Å². The highest BCUT2D eigenvalue weighted by Crippen LogP contribution is 2.37. The van der Waals surface area contributed by atoms with Crippen LogP contribution in [0.15, 0.2) is 57.7 Å². The molecule has 0 bridgehead atoms. The van der Waals surface area contributed by atoms with Gasteiger partial charge < -0.3 is 18.6 Å². The zero-order valence-electron chi connectivity index (χ0n) is 20.8. The summed E-state index contributed by atoms with van der Waals surface area (Å²) in [6, 6.07) is 14.3. The van der Waals surface area contributed by atoms with Crippen LogP contribution in [0.4, 0.5) is 0 Å². The van der Waals surface area contributed by atoms with Crippen molar-refractivity contribution in [2.24, 2.45) is 0 Å². The van der Waals surface area contributed by atoms with E-state index in [4.69, 9.17) is 18.6 Å². The molecule has 0 amide bonds. The second-order valence-electron chi connectivity index (χ2n) is 8.60. The van der Waals surface area contributed by atoms with Gasteiger partial charge in [0.2, 0.25) is 11.2 Å². The molecular weight excluding hydrogens is 444 g/mol. The summed E-state index contributed by atoms with van der Waals surface area (Å²) in [4.78, 5) is 26.5. The number of Topliss-reactive ketones (excluding diaryl/α,β-unsaturated/α-hetero) is 1. The number of hydrogen-bond donors (Lipinski definition) is 0. The van der Waals surface area contributed by atoms with Gasteiger partial charge in [0.1, 0.15) is 5.58 Å². The van der Waals surface area contributed by atoms with E-state index < -0.39 is 0 Å². The first kappa shape index (κ1) is 24.1. The fourth-order valence-corrected chi connectivity index (χ4v) is 3.87. The third kappa shape index (κ3) is 4.64. The van der Waals surface area contributed by atoms with Gasteiger partial charge in [-0.25, -0.2) is 0 Å². The molecule has 0 saturated heterocycles. The first-order valence-corrected chi connectivity index (χ1v) is 11.3. The lowest BCUT2D eigenvalue weighted by Crippen LogP contribution is -2.17. The number of ether oxygens (including phenoxy) is 3. The van der Waals surface area contributed by atoms with Crippen LogP contribution in [0.5, 0.6) is 17.2 Å². The first-order valence-electron chi connectivity index (χ1n) is 11.3. The second-order valence-corrected chi connectivity index (χ2v) is 8.60. The van der Waals surface area contributed by atoms with Crippen molar-refractivity contribution in [2.75, 3.05) is 20.8 Å². The Balaban J connectivity index is 1.83. The van der Waals surface area contributed by atoms with Gasteiger partial charge in [-0.05, 0) is 86.3 Å². The van der Waals surface area contributed by atoms with Crippen molar-refractivity contribution >= 4 is 16.8 Å². The van der Waals surface area contributed by atoms with E-state index in [0.29, 0.717) is 33.6 Å². The Hall–Kier alpha value is -4.06. The monoisotopic (exact) mass is 472 g/mol. The highest BCUT2D eigenvalue weighted by atomic mass is 16.5. The Bertz CT molecular complexity index is 1500. The largest absolute Gasteiger partial charge is 0.493 e. The van der Waals surface area contributed by atoms with Gasteiger partial charge in [-0.2, -0.15) is 0 Å². The third-order valence-corrected chi connectivity index (χ3v) is 6.29. The number of fused-ring (bicyclic) bond motifs is 1. The summed E-state index contributed by atoms with van der Waals surface area (Å²) in [5.41, 5.74) is 5.25. The maximum absolute atomic E-state index is 13.6. The standard InChI is InChI=1S/C29H28O6/c1-16-7-8-20(11-17(16)2)23(30)15-34-29-27(31)22-12-18(3)19(4)13-25(22)35-28(29)21-9-10-24(32-5)26(14-21)33-6/h7-14H,15H2,1-6H3. The number of benzene rings is 3. The predicted molar refractivity (Wildman–Crippen MR) is 136 cm³/mol. The van der Waals surface area contributed by atoms with Crippen LogP contribution < -0.4 is 19.6 Å². The molecule has 4 aromatic rings. The number of aryl methyl sites for hydroxylation is 4. The molecule has 4 rings (SSSR count). The SMILES string of the molecule is COc1ccc(-c2oc3cc(C)c(C)cc3c(=O)c2OCC(=O)c2ccc(C)c(C)c2)cc1OC. The van der Waals surface area contributed by atoms with Crippen LogP contribution in [0.1, 0.15) is 32.6 Å². The summed E-state index contributed by atoms with van der Waals surface area (Å²) >= 11 is 0. The predicted octanol–water partition coefficient (Wildman–Crippen LogP) is 5.97. The normalized spacial score (nSPS) is 10.9. The molecule has 0 unspecified atom stereocenters. The molecular formula is C29H28O6. The van der Waals surface area contributed by atoms with Crippen molar-refractivity contribution in [1.29, 1.82) is 0 Å². The lowest BCUT2D eigenvalue weighted by molar-refractivity contribution is 0.0920. The summed E-state index contributed by atoms with van der Waals surface area (Å²) in [6.07, 6.45) is 0. The van der Waals surface area contributed by atoms with Crippen molar-refractivity contribution in [3.05, 3.63) is 86.6 Å². The second kappa shape index (κ2) is 9.66. The molecule has 0 fully saturated rings. The van der Waals surface area contributed by atoms with Crippen molar-refractivity contribution < 1.29 is 23.4 Å². The zero-order valence-corrected chi connectivity index (χ0v) is 20.8. The average Bonchev–Trinajstić information content (AvgIpc) is 2.85. The Labute approximate surface area is 204 Å². The van der Waals surface area contributed by atoms with Crippen LogP contribution in [0.3, 0.4) is 0 Å². The number of hydrogen-bond acceptors (Lipinski definition) is 6. The molecule has 0 saturated carbocycles. The van der Waals surface area contributed by atoms with Gasteiger partial charge in [0.15, 0.2) is 29.6 Å². The van der Waals surface area contributed by atoms with E-state index in [1.807, 2.05) is 45.9 Å². The number of carbonyl (C=O) groups is 1. The Morgan fingerprint density at radius 1 is 0.800 bits per heavy atom. The number of ketones is 1. The third-order valence-electron chi connectivity index (χ3n) is 6.29.